The molecule has 192 valence electrons. The van der Waals surface area contributed by atoms with Gasteiger partial charge in [0, 0.05) is 10.6 Å². The van der Waals surface area contributed by atoms with Crippen LogP contribution in [0.3, 0.4) is 0 Å². The van der Waals surface area contributed by atoms with Crippen molar-refractivity contribution in [2.24, 2.45) is 5.10 Å². The summed E-state index contributed by atoms with van der Waals surface area (Å²) in [5.41, 5.74) is 2.12. The van der Waals surface area contributed by atoms with Crippen LogP contribution in [0.5, 0.6) is 0 Å². The summed E-state index contributed by atoms with van der Waals surface area (Å²) in [6, 6.07) is 11.5. The number of amides is 1. The second-order valence-corrected chi connectivity index (χ2v) is 9.85. The van der Waals surface area contributed by atoms with Crippen LogP contribution in [0.15, 0.2) is 85.9 Å². The largest absolute Gasteiger partial charge is 1.00 e. The van der Waals surface area contributed by atoms with Crippen molar-refractivity contribution in [3.8, 4) is 5.69 Å². The molecule has 0 radical (unpaired) electrons. The van der Waals surface area contributed by atoms with Gasteiger partial charge in [0.25, 0.3) is 11.5 Å². The van der Waals surface area contributed by atoms with Crippen LogP contribution >= 0.6 is 12.0 Å². The molecule has 1 aliphatic heterocycles. The molecule has 1 amide bonds. The van der Waals surface area contributed by atoms with Crippen molar-refractivity contribution in [1.29, 1.82) is 0 Å². The van der Waals surface area contributed by atoms with Crippen molar-refractivity contribution in [2.45, 2.75) is 23.6 Å². The minimum absolute atomic E-state index is 0. The van der Waals surface area contributed by atoms with Crippen LogP contribution in [0.1, 0.15) is 18.2 Å². The number of allylic oxidation sites excluding steroid dienone is 2. The van der Waals surface area contributed by atoms with Gasteiger partial charge >= 0.3 is 59.1 Å². The van der Waals surface area contributed by atoms with E-state index in [9.17, 15) is 27.8 Å². The van der Waals surface area contributed by atoms with Gasteiger partial charge in [-0.15, -0.1) is 0 Å². The number of aromatic amines is 1. The number of anilines is 1. The zero-order chi connectivity index (χ0) is 26.7. The molecule has 2 aromatic carbocycles. The molecule has 12 nitrogen and oxygen atoms in total. The number of hydrogen-bond donors (Lipinski definition) is 1. The standard InChI is InChI=1S/C23H20N4O8S2.2Na/c1-14-20(22(28)26(24-14)16-6-10-18(11-7-16)36-35-34-30)4-3-5-21-15(2)25-27(23(21)29)17-8-12-19(13-9-17)37(31,32)33;;/h3-13,25,30H,1-2H3,(H,31,32,33);;/q;2*+1/p-2. The first-order chi connectivity index (χ1) is 17.6. The van der Waals surface area contributed by atoms with E-state index in [0.29, 0.717) is 38.8 Å². The molecule has 1 aromatic heterocycles. The zero-order valence-corrected chi connectivity index (χ0v) is 26.9. The van der Waals surface area contributed by atoms with E-state index in [4.69, 9.17) is 0 Å². The molecule has 0 aliphatic carbocycles. The average molecular weight is 589 g/mol. The van der Waals surface area contributed by atoms with Crippen molar-refractivity contribution in [3.63, 3.8) is 0 Å². The SMILES string of the molecule is CC1=NN(c2ccc(SOO[O-])cc2)C(=O)C1=CC=Cc1c(C)[nH]n(-c2ccc(S(=O)(=O)[O-])cc2)c1=O.[Na+].[Na+]. The van der Waals surface area contributed by atoms with Gasteiger partial charge in [-0.2, -0.15) is 14.4 Å². The molecule has 0 atom stereocenters. The minimum atomic E-state index is -4.60. The molecule has 2 heterocycles. The summed E-state index contributed by atoms with van der Waals surface area (Å²) < 4.78 is 38.9. The van der Waals surface area contributed by atoms with Crippen LogP contribution in [0.25, 0.3) is 11.8 Å². The van der Waals surface area contributed by atoms with E-state index >= 15 is 0 Å². The predicted molar refractivity (Wildman–Crippen MR) is 131 cm³/mol. The third-order valence-corrected chi connectivity index (χ3v) is 6.77. The predicted octanol–water partition coefficient (Wildman–Crippen LogP) is -4.02. The maximum atomic E-state index is 12.9. The molecule has 0 fully saturated rings. The van der Waals surface area contributed by atoms with Gasteiger partial charge in [0.2, 0.25) is 0 Å². The fourth-order valence-corrected chi connectivity index (χ4v) is 4.34. The Kier molecular flexibility index (Phi) is 12.2. The zero-order valence-electron chi connectivity index (χ0n) is 21.3. The fraction of sp³-hybridized carbons (Fsp3) is 0.0870. The average Bonchev–Trinajstić information content (AvgIpc) is 3.32. The van der Waals surface area contributed by atoms with E-state index in [0.717, 1.165) is 24.2 Å². The topological polar surface area (TPSA) is 169 Å². The van der Waals surface area contributed by atoms with Crippen LogP contribution in [-0.4, -0.2) is 34.4 Å². The van der Waals surface area contributed by atoms with Gasteiger partial charge in [-0.1, -0.05) is 6.08 Å². The molecule has 3 aromatic rings. The number of aromatic nitrogens is 2. The summed E-state index contributed by atoms with van der Waals surface area (Å²) >= 11 is 0.726. The van der Waals surface area contributed by atoms with E-state index in [-0.39, 0.29) is 65.0 Å². The molecule has 16 heteroatoms. The number of carbonyl (C=O) groups excluding carboxylic acids is 1. The molecule has 0 saturated heterocycles. The second kappa shape index (κ2) is 14.2. The summed E-state index contributed by atoms with van der Waals surface area (Å²) in [6.45, 7) is 3.37. The minimum Gasteiger partial charge on any atom is -0.744 e. The fourth-order valence-electron chi connectivity index (χ4n) is 3.52. The first-order valence-electron chi connectivity index (χ1n) is 10.5. The van der Waals surface area contributed by atoms with Gasteiger partial charge in [0.1, 0.15) is 10.1 Å². The normalized spacial score (nSPS) is 14.5. The first kappa shape index (κ1) is 33.4. The Bertz CT molecular complexity index is 1600. The Labute approximate surface area is 271 Å². The van der Waals surface area contributed by atoms with E-state index in [1.807, 2.05) is 0 Å². The van der Waals surface area contributed by atoms with Crippen molar-refractivity contribution in [3.05, 3.63) is 87.9 Å². The second-order valence-electron chi connectivity index (χ2n) is 7.69. The molecular formula is C23H18N4Na2O8S2. The summed E-state index contributed by atoms with van der Waals surface area (Å²) in [4.78, 5) is 26.0. The number of H-pyrrole nitrogens is 1. The van der Waals surface area contributed by atoms with E-state index in [1.165, 1.54) is 21.8 Å². The summed E-state index contributed by atoms with van der Waals surface area (Å²) in [7, 11) is -4.60. The Hall–Kier alpha value is -1.79. The Morgan fingerprint density at radius 3 is 2.21 bits per heavy atom. The van der Waals surface area contributed by atoms with Crippen molar-refractivity contribution in [1.82, 2.24) is 9.78 Å². The number of hydrogen-bond acceptors (Lipinski definition) is 10. The molecule has 1 N–H and O–H groups in total. The maximum absolute atomic E-state index is 12.9. The number of hydrazone groups is 1. The monoisotopic (exact) mass is 588 g/mol. The Morgan fingerprint density at radius 2 is 1.62 bits per heavy atom. The van der Waals surface area contributed by atoms with Crippen LogP contribution in [-0.2, 0) is 24.3 Å². The van der Waals surface area contributed by atoms with E-state index in [1.54, 1.807) is 56.3 Å². The molecule has 0 bridgehead atoms. The molecule has 39 heavy (non-hydrogen) atoms. The molecule has 4 rings (SSSR count). The van der Waals surface area contributed by atoms with Crippen LogP contribution in [0.2, 0.25) is 0 Å². The van der Waals surface area contributed by atoms with Crippen LogP contribution in [0.4, 0.5) is 5.69 Å². The Morgan fingerprint density at radius 1 is 1.00 bits per heavy atom. The van der Waals surface area contributed by atoms with E-state index in [2.05, 4.69) is 19.6 Å². The van der Waals surface area contributed by atoms with Crippen LogP contribution < -0.4 is 74.9 Å². The van der Waals surface area contributed by atoms with E-state index < -0.39 is 20.6 Å². The maximum Gasteiger partial charge on any atom is 1.00 e. The number of benzene rings is 2. The number of aryl methyl sites for hydroxylation is 1. The smallest absolute Gasteiger partial charge is 0.744 e. The number of nitrogens with zero attached hydrogens (tertiary/aromatic N) is 3. The summed E-state index contributed by atoms with van der Waals surface area (Å²) in [5, 5.41) is 21.7. The number of rotatable bonds is 8. The third kappa shape index (κ3) is 7.70. The van der Waals surface area contributed by atoms with Gasteiger partial charge in [-0.05, 0) is 74.5 Å². The molecule has 0 unspecified atom stereocenters. The van der Waals surface area contributed by atoms with Crippen molar-refractivity contribution in [2.75, 3.05) is 5.01 Å². The number of nitrogens with one attached hydrogen (secondary N) is 1. The Balaban J connectivity index is 0.00000267. The van der Waals surface area contributed by atoms with Crippen molar-refractivity contribution >= 4 is 45.5 Å². The molecule has 0 saturated carbocycles. The quantitative estimate of drug-likeness (QED) is 0.0688. The number of carbonyl (C=O) groups is 1. The summed E-state index contributed by atoms with van der Waals surface area (Å²) in [5.74, 6) is -0.363. The summed E-state index contributed by atoms with van der Waals surface area (Å²) in [6.07, 6.45) is 4.65. The molecule has 0 spiro atoms. The van der Waals surface area contributed by atoms with Crippen molar-refractivity contribution < 1.29 is 91.5 Å². The van der Waals surface area contributed by atoms with Gasteiger partial charge in [-0.3, -0.25) is 19.7 Å². The van der Waals surface area contributed by atoms with Crippen LogP contribution in [0, 0.1) is 6.92 Å². The van der Waals surface area contributed by atoms with Gasteiger partial charge in [0.15, 0.2) is 0 Å². The van der Waals surface area contributed by atoms with Gasteiger partial charge < -0.3 is 9.81 Å². The molecular weight excluding hydrogens is 570 g/mol. The van der Waals surface area contributed by atoms with Gasteiger partial charge in [-0.25, -0.2) is 13.1 Å². The van der Waals surface area contributed by atoms with Gasteiger partial charge in [0.05, 0.1) is 45.2 Å². The molecule has 1 aliphatic rings. The first-order valence-corrected chi connectivity index (χ1v) is 12.6. The third-order valence-electron chi connectivity index (χ3n) is 5.33.